The van der Waals surface area contributed by atoms with E-state index in [0.29, 0.717) is 29.5 Å². The Kier molecular flexibility index (Phi) is 15.9. The van der Waals surface area contributed by atoms with E-state index >= 15 is 0 Å². The predicted molar refractivity (Wildman–Crippen MR) is 184 cm³/mol. The average Bonchev–Trinajstić information content (AvgIpc) is 3.10. The van der Waals surface area contributed by atoms with E-state index in [9.17, 15) is 19.8 Å². The van der Waals surface area contributed by atoms with Gasteiger partial charge in [-0.2, -0.15) is 4.89 Å². The first kappa shape index (κ1) is 42.5. The van der Waals surface area contributed by atoms with Crippen LogP contribution in [0.5, 0.6) is 11.5 Å². The number of hydrogen-bond donors (Lipinski definition) is 3. The van der Waals surface area contributed by atoms with Crippen LogP contribution >= 0.6 is 0 Å². The molecule has 9 aliphatic rings. The Morgan fingerprint density at radius 2 is 1.24 bits per heavy atom. The molecule has 9 nitrogen and oxygen atoms in total. The maximum Gasteiger partial charge on any atom is 0.335 e. The molecule has 275 valence electrons. The molecule has 11 rings (SSSR count). The average molecular weight is 771 g/mol. The Hall–Kier alpha value is -1.88. The first-order valence-electron chi connectivity index (χ1n) is 18.4. The standard InChI is InChI=1S/C18H22O4.C10H14O.C7H6O3.2C2H6.CH4O.Y/c1-20-18(13-3-2-4-16(19)10-13)17(21-22-18)14-6-11-5-12(8-14)9-15(17)7-11;11-10-8-2-6-1-7(4-8)5-9(10)3-6;8-6-3-1-2-5(4-6)7(9)10;3*1-2;/h2-4,10-12,14-15,19H,5-9H2,1H3;6-9H,1-5H2;1-4,8H,(H,9,10);2*1-2H3;2H,1H3;/p-1. The molecule has 3 N–H and O–H groups in total. The summed E-state index contributed by atoms with van der Waals surface area (Å²) in [6.45, 7) is 8.00. The van der Waals surface area contributed by atoms with E-state index in [1.807, 2.05) is 39.8 Å². The Morgan fingerprint density at radius 1 is 0.760 bits per heavy atom. The minimum absolute atomic E-state index is 0. The van der Waals surface area contributed by atoms with Crippen LogP contribution in [0.1, 0.15) is 108 Å². The third-order valence-electron chi connectivity index (χ3n) is 11.7. The molecule has 10 heteroatoms. The van der Waals surface area contributed by atoms with Gasteiger partial charge in [0.15, 0.2) is 5.60 Å². The first-order valence-corrected chi connectivity index (χ1v) is 18.4. The number of phenols is 1. The number of aromatic carboxylic acids is 1. The van der Waals surface area contributed by atoms with Crippen molar-refractivity contribution < 1.29 is 77.2 Å². The van der Waals surface area contributed by atoms with Crippen molar-refractivity contribution in [1.29, 1.82) is 0 Å². The summed E-state index contributed by atoms with van der Waals surface area (Å²) in [6.07, 6.45) is 12.7. The summed E-state index contributed by atoms with van der Waals surface area (Å²) >= 11 is 0. The zero-order valence-electron chi connectivity index (χ0n) is 30.7. The number of aliphatic hydroxyl groups excluding tert-OH is 1. The molecule has 2 aromatic carbocycles. The van der Waals surface area contributed by atoms with Crippen LogP contribution in [0, 0.1) is 47.3 Å². The molecular weight excluding hydrogens is 713 g/mol. The fraction of sp³-hybridized carbons (Fsp3) is 0.650. The number of benzene rings is 2. The third kappa shape index (κ3) is 8.18. The Balaban J connectivity index is 0.000000205. The van der Waals surface area contributed by atoms with Crippen LogP contribution in [0.4, 0.5) is 0 Å². The summed E-state index contributed by atoms with van der Waals surface area (Å²) in [5.74, 6) is 4.25. The number of carbonyl (C=O) groups excluding carboxylic acids is 1. The molecule has 9 fully saturated rings. The number of ketones is 1. The Labute approximate surface area is 323 Å². The first-order chi connectivity index (χ1) is 23.7. The SMILES string of the molecule is CC.CC.CO.COC1(c2cccc(O)c2)OOC12C1CC3CC(C1)CC2C3.O=C(O)c1cccc([O-])c1.O=C1C2CC3CC(C2)CC1C3.[Y]. The molecule has 1 spiro atoms. The van der Waals surface area contributed by atoms with Crippen molar-refractivity contribution in [2.45, 2.75) is 103 Å². The van der Waals surface area contributed by atoms with E-state index in [1.165, 1.54) is 82.4 Å². The maximum absolute atomic E-state index is 11.6. The van der Waals surface area contributed by atoms with Crippen LogP contribution in [-0.2, 0) is 57.8 Å². The summed E-state index contributed by atoms with van der Waals surface area (Å²) in [6, 6.07) is 12.4. The van der Waals surface area contributed by atoms with Crippen LogP contribution < -0.4 is 5.11 Å². The molecule has 8 bridgehead atoms. The molecule has 1 radical (unpaired) electrons. The van der Waals surface area contributed by atoms with Crippen molar-refractivity contribution >= 4 is 11.8 Å². The van der Waals surface area contributed by atoms with Crippen molar-refractivity contribution in [3.8, 4) is 11.5 Å². The van der Waals surface area contributed by atoms with Gasteiger partial charge in [-0.15, -0.1) is 5.75 Å². The molecule has 0 amide bonds. The number of methoxy groups -OCH3 is 1. The van der Waals surface area contributed by atoms with E-state index in [2.05, 4.69) is 0 Å². The van der Waals surface area contributed by atoms with Crippen LogP contribution in [0.2, 0.25) is 0 Å². The van der Waals surface area contributed by atoms with E-state index in [0.717, 1.165) is 42.4 Å². The molecule has 0 aromatic heterocycles. The summed E-state index contributed by atoms with van der Waals surface area (Å²) in [5.41, 5.74) is 0.532. The number of carboxylic acid groups (broad SMARTS) is 1. The van der Waals surface area contributed by atoms with E-state index in [-0.39, 0.29) is 55.4 Å². The van der Waals surface area contributed by atoms with Crippen molar-refractivity contribution in [2.75, 3.05) is 14.2 Å². The van der Waals surface area contributed by atoms with Crippen LogP contribution in [0.3, 0.4) is 0 Å². The second kappa shape index (κ2) is 18.7. The largest absolute Gasteiger partial charge is 0.872 e. The third-order valence-corrected chi connectivity index (χ3v) is 11.7. The van der Waals surface area contributed by atoms with E-state index in [1.54, 1.807) is 19.2 Å². The molecule has 1 unspecified atom stereocenters. The monoisotopic (exact) mass is 770 g/mol. The number of Topliss-reactive ketones (excluding diaryl/α,β-unsaturated/α-hetero) is 1. The number of aliphatic hydroxyl groups is 1. The smallest absolute Gasteiger partial charge is 0.335 e. The van der Waals surface area contributed by atoms with Gasteiger partial charge < -0.3 is 25.2 Å². The Bertz CT molecular complexity index is 1330. The van der Waals surface area contributed by atoms with E-state index in [4.69, 9.17) is 24.7 Å². The molecule has 2 aromatic rings. The van der Waals surface area contributed by atoms with Gasteiger partial charge in [0.25, 0.3) is 5.79 Å². The van der Waals surface area contributed by atoms with Crippen molar-refractivity contribution in [1.82, 2.24) is 0 Å². The molecule has 1 heterocycles. The number of carboxylic acids is 1. The van der Waals surface area contributed by atoms with Crippen molar-refractivity contribution in [3.63, 3.8) is 0 Å². The topological polar surface area (TPSA) is 146 Å². The van der Waals surface area contributed by atoms with Gasteiger partial charge in [-0.3, -0.25) is 4.79 Å². The fourth-order valence-corrected chi connectivity index (χ4v) is 10.3. The minimum Gasteiger partial charge on any atom is -0.872 e. The summed E-state index contributed by atoms with van der Waals surface area (Å²) in [5, 5.41) is 35.8. The number of ether oxygens (including phenoxy) is 1. The zero-order chi connectivity index (χ0) is 35.9. The number of rotatable bonds is 3. The quantitative estimate of drug-likeness (QED) is 0.271. The van der Waals surface area contributed by atoms with Crippen LogP contribution in [-0.4, -0.2) is 46.9 Å². The number of phenolic OH excluding ortho intramolecular Hbond substituents is 1. The molecule has 8 aliphatic carbocycles. The van der Waals surface area contributed by atoms with Gasteiger partial charge in [-0.1, -0.05) is 58.0 Å². The maximum atomic E-state index is 11.6. The van der Waals surface area contributed by atoms with Gasteiger partial charge in [-0.25, -0.2) is 9.68 Å². The second-order valence-electron chi connectivity index (χ2n) is 14.2. The van der Waals surface area contributed by atoms with Gasteiger partial charge in [0.1, 0.15) is 11.5 Å². The van der Waals surface area contributed by atoms with Crippen LogP contribution in [0.25, 0.3) is 0 Å². The second-order valence-corrected chi connectivity index (χ2v) is 14.2. The Morgan fingerprint density at radius 3 is 1.62 bits per heavy atom. The fourth-order valence-electron chi connectivity index (χ4n) is 10.3. The van der Waals surface area contributed by atoms with Crippen LogP contribution in [0.15, 0.2) is 48.5 Å². The molecule has 1 atom stereocenters. The molecule has 1 saturated heterocycles. The van der Waals surface area contributed by atoms with Crippen molar-refractivity contribution in [3.05, 3.63) is 59.7 Å². The van der Waals surface area contributed by atoms with Crippen molar-refractivity contribution in [2.24, 2.45) is 47.3 Å². The number of carbonyl (C=O) groups is 2. The summed E-state index contributed by atoms with van der Waals surface area (Å²) < 4.78 is 5.94. The summed E-state index contributed by atoms with van der Waals surface area (Å²) in [4.78, 5) is 33.3. The van der Waals surface area contributed by atoms with Gasteiger partial charge >= 0.3 is 5.97 Å². The van der Waals surface area contributed by atoms with Gasteiger partial charge in [-0.05, 0) is 118 Å². The van der Waals surface area contributed by atoms with Gasteiger partial charge in [0.2, 0.25) is 0 Å². The van der Waals surface area contributed by atoms with Gasteiger partial charge in [0.05, 0.1) is 5.56 Å². The number of aromatic hydroxyl groups is 1. The predicted octanol–water partition coefficient (Wildman–Crippen LogP) is 7.48. The van der Waals surface area contributed by atoms with E-state index < -0.39 is 11.8 Å². The normalized spacial score (nSPS) is 35.4. The molecule has 50 heavy (non-hydrogen) atoms. The summed E-state index contributed by atoms with van der Waals surface area (Å²) in [7, 11) is 2.69. The molecule has 8 saturated carbocycles. The molecular formula is C40H57O9Y-. The number of hydrogen-bond acceptors (Lipinski definition) is 8. The molecule has 1 aliphatic heterocycles. The zero-order valence-corrected chi connectivity index (χ0v) is 33.5. The van der Waals surface area contributed by atoms with Gasteiger partial charge in [0, 0.05) is 64.3 Å². The minimum atomic E-state index is -1.07.